The van der Waals surface area contributed by atoms with Crippen molar-refractivity contribution >= 4 is 5.97 Å². The van der Waals surface area contributed by atoms with Gasteiger partial charge in [-0.2, -0.15) is 5.26 Å². The van der Waals surface area contributed by atoms with Gasteiger partial charge in [0.05, 0.1) is 11.6 Å². The maximum atomic E-state index is 11.8. The van der Waals surface area contributed by atoms with Crippen molar-refractivity contribution < 1.29 is 14.6 Å². The van der Waals surface area contributed by atoms with E-state index in [9.17, 15) is 9.90 Å². The third-order valence-corrected chi connectivity index (χ3v) is 2.08. The van der Waals surface area contributed by atoms with Gasteiger partial charge in [0.2, 0.25) is 0 Å². The smallest absolute Gasteiger partial charge is 0.342 e. The van der Waals surface area contributed by atoms with Crippen LogP contribution in [0.15, 0.2) is 12.1 Å². The number of ether oxygens (including phenoxy) is 1. The van der Waals surface area contributed by atoms with Gasteiger partial charge in [-0.15, -0.1) is 0 Å². The molecular formula is C13H15NO3. The van der Waals surface area contributed by atoms with E-state index in [1.54, 1.807) is 27.7 Å². The molecule has 0 radical (unpaired) electrons. The summed E-state index contributed by atoms with van der Waals surface area (Å²) in [6, 6.07) is 4.69. The Kier molecular flexibility index (Phi) is 3.42. The first-order valence-corrected chi connectivity index (χ1v) is 5.21. The minimum atomic E-state index is -0.638. The Morgan fingerprint density at radius 2 is 2.00 bits per heavy atom. The van der Waals surface area contributed by atoms with Crippen LogP contribution >= 0.6 is 0 Å². The van der Waals surface area contributed by atoms with Crippen LogP contribution in [0.4, 0.5) is 0 Å². The molecule has 1 aromatic rings. The zero-order valence-electron chi connectivity index (χ0n) is 10.4. The molecule has 0 amide bonds. The molecule has 90 valence electrons. The number of carbonyl (C=O) groups excluding carboxylic acids is 1. The lowest BCUT2D eigenvalue weighted by Gasteiger charge is -2.20. The van der Waals surface area contributed by atoms with Crippen LogP contribution in [0.3, 0.4) is 0 Å². The van der Waals surface area contributed by atoms with Gasteiger partial charge < -0.3 is 9.84 Å². The molecule has 0 aromatic heterocycles. The van der Waals surface area contributed by atoms with Gasteiger partial charge in [0, 0.05) is 0 Å². The van der Waals surface area contributed by atoms with Crippen molar-refractivity contribution in [2.24, 2.45) is 0 Å². The molecule has 0 aliphatic rings. The predicted molar refractivity (Wildman–Crippen MR) is 62.7 cm³/mol. The number of phenolic OH excluding ortho intramolecular Hbond substituents is 1. The highest BCUT2D eigenvalue weighted by molar-refractivity contribution is 5.93. The van der Waals surface area contributed by atoms with Gasteiger partial charge in [0.15, 0.2) is 0 Å². The number of hydrogen-bond acceptors (Lipinski definition) is 4. The molecule has 0 aliphatic carbocycles. The molecule has 17 heavy (non-hydrogen) atoms. The molecule has 0 unspecified atom stereocenters. The number of nitrogens with zero attached hydrogens (tertiary/aromatic N) is 1. The molecule has 0 saturated carbocycles. The van der Waals surface area contributed by atoms with Crippen molar-refractivity contribution in [2.75, 3.05) is 0 Å². The van der Waals surface area contributed by atoms with Gasteiger partial charge >= 0.3 is 5.97 Å². The monoisotopic (exact) mass is 233 g/mol. The minimum Gasteiger partial charge on any atom is -0.507 e. The van der Waals surface area contributed by atoms with Crippen LogP contribution in [-0.2, 0) is 4.74 Å². The Labute approximate surface area is 100 Å². The van der Waals surface area contributed by atoms with Crippen LogP contribution in [0.25, 0.3) is 0 Å². The van der Waals surface area contributed by atoms with Crippen molar-refractivity contribution in [3.8, 4) is 11.8 Å². The fraction of sp³-hybridized carbons (Fsp3) is 0.385. The lowest BCUT2D eigenvalue weighted by Crippen LogP contribution is -2.24. The van der Waals surface area contributed by atoms with Crippen molar-refractivity contribution in [3.05, 3.63) is 28.8 Å². The van der Waals surface area contributed by atoms with Crippen LogP contribution in [0.5, 0.6) is 5.75 Å². The maximum absolute atomic E-state index is 11.8. The number of benzene rings is 1. The number of aromatic hydroxyl groups is 1. The second kappa shape index (κ2) is 4.46. The number of rotatable bonds is 1. The summed E-state index contributed by atoms with van der Waals surface area (Å²) >= 11 is 0. The fourth-order valence-electron chi connectivity index (χ4n) is 1.31. The molecule has 1 N–H and O–H groups in total. The Hall–Kier alpha value is -2.02. The minimum absolute atomic E-state index is 0.0158. The van der Waals surface area contributed by atoms with Crippen molar-refractivity contribution in [3.63, 3.8) is 0 Å². The molecule has 4 heteroatoms. The average molecular weight is 233 g/mol. The number of aryl methyl sites for hydroxylation is 1. The highest BCUT2D eigenvalue weighted by atomic mass is 16.6. The number of esters is 1. The lowest BCUT2D eigenvalue weighted by atomic mass is 10.0. The summed E-state index contributed by atoms with van der Waals surface area (Å²) in [6.07, 6.45) is 0. The largest absolute Gasteiger partial charge is 0.507 e. The number of phenols is 1. The molecule has 0 aliphatic heterocycles. The molecule has 1 rings (SSSR count). The van der Waals surface area contributed by atoms with Crippen molar-refractivity contribution in [1.29, 1.82) is 5.26 Å². The summed E-state index contributed by atoms with van der Waals surface area (Å²) in [4.78, 5) is 11.8. The van der Waals surface area contributed by atoms with E-state index in [1.165, 1.54) is 12.1 Å². The van der Waals surface area contributed by atoms with Crippen LogP contribution in [-0.4, -0.2) is 16.7 Å². The quantitative estimate of drug-likeness (QED) is 0.756. The van der Waals surface area contributed by atoms with Gasteiger partial charge in [-0.3, -0.25) is 0 Å². The molecule has 0 atom stereocenters. The van der Waals surface area contributed by atoms with E-state index < -0.39 is 11.6 Å². The first-order chi connectivity index (χ1) is 7.74. The van der Waals surface area contributed by atoms with Gasteiger partial charge in [-0.25, -0.2) is 4.79 Å². The molecule has 0 spiro atoms. The van der Waals surface area contributed by atoms with Crippen molar-refractivity contribution in [1.82, 2.24) is 0 Å². The van der Waals surface area contributed by atoms with Crippen LogP contribution in [0, 0.1) is 18.3 Å². The SMILES string of the molecule is Cc1cc(O)c(C(=O)OC(C)(C)C)cc1C#N. The van der Waals surface area contributed by atoms with Gasteiger partial charge in [-0.05, 0) is 45.4 Å². The molecule has 1 aromatic carbocycles. The number of nitriles is 1. The van der Waals surface area contributed by atoms with E-state index in [2.05, 4.69) is 0 Å². The molecule has 0 bridgehead atoms. The second-order valence-corrected chi connectivity index (χ2v) is 4.80. The van der Waals surface area contributed by atoms with Crippen LogP contribution < -0.4 is 0 Å². The fourth-order valence-corrected chi connectivity index (χ4v) is 1.31. The van der Waals surface area contributed by atoms with E-state index in [4.69, 9.17) is 10.00 Å². The molecular weight excluding hydrogens is 218 g/mol. The number of carbonyl (C=O) groups is 1. The Morgan fingerprint density at radius 3 is 2.47 bits per heavy atom. The normalized spacial score (nSPS) is 10.8. The van der Waals surface area contributed by atoms with E-state index >= 15 is 0 Å². The Balaban J connectivity index is 3.15. The summed E-state index contributed by atoms with van der Waals surface area (Å²) in [5, 5.41) is 18.5. The van der Waals surface area contributed by atoms with E-state index in [0.717, 1.165) is 0 Å². The summed E-state index contributed by atoms with van der Waals surface area (Å²) < 4.78 is 5.14. The molecule has 0 saturated heterocycles. The van der Waals surface area contributed by atoms with Gasteiger partial charge in [-0.1, -0.05) is 0 Å². The summed E-state index contributed by atoms with van der Waals surface area (Å²) in [6.45, 7) is 6.90. The van der Waals surface area contributed by atoms with Crippen molar-refractivity contribution in [2.45, 2.75) is 33.3 Å². The Bertz CT molecular complexity index is 493. The lowest BCUT2D eigenvalue weighted by molar-refractivity contribution is 0.00668. The molecule has 0 fully saturated rings. The van der Waals surface area contributed by atoms with Crippen LogP contribution in [0.2, 0.25) is 0 Å². The zero-order valence-corrected chi connectivity index (χ0v) is 10.4. The standard InChI is InChI=1S/C13H15NO3/c1-8-5-11(15)10(6-9(8)7-14)12(16)17-13(2,3)4/h5-6,15H,1-4H3. The number of hydrogen-bond donors (Lipinski definition) is 1. The Morgan fingerprint density at radius 1 is 1.41 bits per heavy atom. The predicted octanol–water partition coefficient (Wildman–Crippen LogP) is 2.53. The third kappa shape index (κ3) is 3.22. The van der Waals surface area contributed by atoms with E-state index in [-0.39, 0.29) is 11.3 Å². The molecule has 4 nitrogen and oxygen atoms in total. The average Bonchev–Trinajstić information content (AvgIpc) is 2.14. The van der Waals surface area contributed by atoms with E-state index in [0.29, 0.717) is 11.1 Å². The highest BCUT2D eigenvalue weighted by Gasteiger charge is 2.21. The second-order valence-electron chi connectivity index (χ2n) is 4.80. The summed E-state index contributed by atoms with van der Waals surface area (Å²) in [7, 11) is 0. The maximum Gasteiger partial charge on any atom is 0.342 e. The highest BCUT2D eigenvalue weighted by Crippen LogP contribution is 2.24. The molecule has 0 heterocycles. The summed E-state index contributed by atoms with van der Waals surface area (Å²) in [5.74, 6) is -0.803. The van der Waals surface area contributed by atoms with Crippen LogP contribution in [0.1, 0.15) is 42.3 Å². The van der Waals surface area contributed by atoms with E-state index in [1.807, 2.05) is 6.07 Å². The first kappa shape index (κ1) is 13.0. The topological polar surface area (TPSA) is 70.3 Å². The van der Waals surface area contributed by atoms with Gasteiger partial charge in [0.1, 0.15) is 16.9 Å². The zero-order chi connectivity index (χ0) is 13.2. The van der Waals surface area contributed by atoms with Gasteiger partial charge in [0.25, 0.3) is 0 Å². The summed E-state index contributed by atoms with van der Waals surface area (Å²) in [5.41, 5.74) is 0.351. The first-order valence-electron chi connectivity index (χ1n) is 5.21. The third-order valence-electron chi connectivity index (χ3n) is 2.08.